The van der Waals surface area contributed by atoms with Crippen LogP contribution in [0.2, 0.25) is 0 Å². The molecule has 0 unspecified atom stereocenters. The number of methoxy groups -OCH3 is 2. The first-order valence-electron chi connectivity index (χ1n) is 14.4. The molecule has 4 rings (SSSR count). The molecule has 13 heteroatoms. The van der Waals surface area contributed by atoms with Crippen molar-refractivity contribution in [2.24, 2.45) is 5.41 Å². The van der Waals surface area contributed by atoms with E-state index in [0.717, 1.165) is 38.5 Å². The van der Waals surface area contributed by atoms with Crippen molar-refractivity contribution in [3.05, 3.63) is 83.9 Å². The number of fused-ring (bicyclic) bond motifs is 1. The van der Waals surface area contributed by atoms with Gasteiger partial charge in [0.15, 0.2) is 0 Å². The average Bonchev–Trinajstić information content (AvgIpc) is 3.59. The summed E-state index contributed by atoms with van der Waals surface area (Å²) in [6, 6.07) is 12.9. The molecule has 0 amide bonds. The molecule has 1 saturated carbocycles. The predicted molar refractivity (Wildman–Crippen MR) is 152 cm³/mol. The first kappa shape index (κ1) is 35.4. The third-order valence-corrected chi connectivity index (χ3v) is 9.01. The van der Waals surface area contributed by atoms with Crippen LogP contribution in [0, 0.1) is 5.41 Å². The van der Waals surface area contributed by atoms with Gasteiger partial charge in [0.2, 0.25) is 0 Å². The summed E-state index contributed by atoms with van der Waals surface area (Å²) < 4.78 is 112. The Morgan fingerprint density at radius 2 is 1.26 bits per heavy atom. The fourth-order valence-corrected chi connectivity index (χ4v) is 6.69. The highest BCUT2D eigenvalue weighted by Gasteiger charge is 2.76. The maximum absolute atomic E-state index is 14.4. The van der Waals surface area contributed by atoms with Crippen molar-refractivity contribution < 1.29 is 59.6 Å². The molecule has 2 aromatic carbocycles. The van der Waals surface area contributed by atoms with Crippen LogP contribution in [0.1, 0.15) is 51.7 Å². The predicted octanol–water partition coefficient (Wildman–Crippen LogP) is 6.94. The van der Waals surface area contributed by atoms with Gasteiger partial charge in [-0.1, -0.05) is 74.5 Å². The van der Waals surface area contributed by atoms with Crippen LogP contribution in [0.5, 0.6) is 0 Å². The third-order valence-electron chi connectivity index (χ3n) is 9.01. The van der Waals surface area contributed by atoms with E-state index in [9.17, 15) is 35.9 Å². The molecular weight excluding hydrogens is 622 g/mol. The molecule has 1 aliphatic carbocycles. The number of halogens is 6. The summed E-state index contributed by atoms with van der Waals surface area (Å²) >= 11 is 0. The Morgan fingerprint density at radius 1 is 0.804 bits per heavy atom. The second kappa shape index (κ2) is 12.0. The molecule has 2 fully saturated rings. The van der Waals surface area contributed by atoms with Crippen LogP contribution in [0.25, 0.3) is 0 Å². The van der Waals surface area contributed by atoms with Crippen LogP contribution in [-0.4, -0.2) is 61.9 Å². The van der Waals surface area contributed by atoms with E-state index >= 15 is 0 Å². The topological polar surface area (TPSA) is 83.6 Å². The largest absolute Gasteiger partial charge is 0.460 e. The molecule has 0 N–H and O–H groups in total. The normalized spacial score (nSPS) is 27.5. The summed E-state index contributed by atoms with van der Waals surface area (Å²) in [5.74, 6) is -3.28. The van der Waals surface area contributed by atoms with Gasteiger partial charge in [-0.25, -0.2) is 9.59 Å². The lowest BCUT2D eigenvalue weighted by Crippen LogP contribution is -2.54. The first-order valence-corrected chi connectivity index (χ1v) is 14.4. The van der Waals surface area contributed by atoms with Crippen molar-refractivity contribution in [3.8, 4) is 0 Å². The highest BCUT2D eigenvalue weighted by Crippen LogP contribution is 2.66. The van der Waals surface area contributed by atoms with E-state index in [1.807, 2.05) is 0 Å². The number of hydrogen-bond donors (Lipinski definition) is 0. The Hall–Kier alpha value is -3.42. The summed E-state index contributed by atoms with van der Waals surface area (Å²) in [5.41, 5.74) is -10.5. The highest BCUT2D eigenvalue weighted by molar-refractivity contribution is 5.83. The van der Waals surface area contributed by atoms with Gasteiger partial charge in [-0.05, 0) is 32.4 Å². The molecule has 2 aliphatic rings. The van der Waals surface area contributed by atoms with E-state index in [4.69, 9.17) is 23.7 Å². The number of hydrogen-bond acceptors (Lipinski definition) is 7. The summed E-state index contributed by atoms with van der Waals surface area (Å²) in [6.45, 7) is 6.59. The summed E-state index contributed by atoms with van der Waals surface area (Å²) in [7, 11) is 1.55. The maximum Gasteiger partial charge on any atom is 0.432 e. The van der Waals surface area contributed by atoms with Gasteiger partial charge in [0, 0.05) is 37.2 Å². The molecule has 1 saturated heterocycles. The number of benzene rings is 2. The van der Waals surface area contributed by atoms with Crippen LogP contribution in [-0.2, 0) is 44.5 Å². The van der Waals surface area contributed by atoms with E-state index in [-0.39, 0.29) is 12.8 Å². The molecule has 0 spiro atoms. The summed E-state index contributed by atoms with van der Waals surface area (Å²) in [4.78, 5) is 26.3. The van der Waals surface area contributed by atoms with Crippen molar-refractivity contribution in [2.75, 3.05) is 14.2 Å². The molecular formula is C33H36F6O7. The second-order valence-corrected chi connectivity index (χ2v) is 12.4. The lowest BCUT2D eigenvalue weighted by Gasteiger charge is -2.41. The third kappa shape index (κ3) is 5.60. The highest BCUT2D eigenvalue weighted by atomic mass is 19.4. The molecule has 2 aromatic rings. The standard InChI is InChI=1S/C33H36F6O7/c1-21(44-25(40)30(42-5,32(34,35)36)22-13-9-7-10-14-22)17-18-29-27(2,3)19-24(20-28(29,4)46-29)45-26(41)31(43-6,33(37,38)39)23-15-11-8-12-16-23/h7-18,21,24H,19-20H2,1-6H3/b18-17+/t21-,24-,28+,29-,30+,31+/m0/s1. The Bertz CT molecular complexity index is 1440. The number of alkyl halides is 6. The van der Waals surface area contributed by atoms with E-state index in [2.05, 4.69) is 0 Å². The molecule has 1 heterocycles. The summed E-state index contributed by atoms with van der Waals surface area (Å²) in [5, 5.41) is 0. The molecule has 1 aliphatic heterocycles. The number of epoxide rings is 1. The first-order chi connectivity index (χ1) is 21.3. The van der Waals surface area contributed by atoms with Crippen LogP contribution in [0.3, 0.4) is 0 Å². The van der Waals surface area contributed by atoms with Crippen molar-refractivity contribution in [1.82, 2.24) is 0 Å². The summed E-state index contributed by atoms with van der Waals surface area (Å²) in [6.07, 6.45) is -9.39. The number of ether oxygens (including phenoxy) is 5. The maximum atomic E-state index is 14.4. The second-order valence-electron chi connectivity index (χ2n) is 12.4. The van der Waals surface area contributed by atoms with Gasteiger partial charge in [0.25, 0.3) is 11.2 Å². The molecule has 46 heavy (non-hydrogen) atoms. The van der Waals surface area contributed by atoms with Gasteiger partial charge in [-0.15, -0.1) is 0 Å². The van der Waals surface area contributed by atoms with Crippen LogP contribution in [0.4, 0.5) is 26.3 Å². The minimum Gasteiger partial charge on any atom is -0.460 e. The van der Waals surface area contributed by atoms with Gasteiger partial charge in [-0.3, -0.25) is 0 Å². The zero-order valence-corrected chi connectivity index (χ0v) is 26.1. The van der Waals surface area contributed by atoms with Crippen molar-refractivity contribution >= 4 is 11.9 Å². The Balaban J connectivity index is 1.53. The average molecular weight is 659 g/mol. The molecule has 0 radical (unpaired) electrons. The van der Waals surface area contributed by atoms with Gasteiger partial charge in [0.1, 0.15) is 23.4 Å². The van der Waals surface area contributed by atoms with Crippen LogP contribution < -0.4 is 0 Å². The molecule has 0 bridgehead atoms. The van der Waals surface area contributed by atoms with Crippen molar-refractivity contribution in [1.29, 1.82) is 0 Å². The van der Waals surface area contributed by atoms with Crippen LogP contribution in [0.15, 0.2) is 72.8 Å². The zero-order valence-electron chi connectivity index (χ0n) is 26.1. The smallest absolute Gasteiger partial charge is 0.432 e. The quantitative estimate of drug-likeness (QED) is 0.118. The van der Waals surface area contributed by atoms with E-state index in [0.29, 0.717) is 0 Å². The lowest BCUT2D eigenvalue weighted by molar-refractivity contribution is -0.279. The van der Waals surface area contributed by atoms with Gasteiger partial charge in [-0.2, -0.15) is 26.3 Å². The molecule has 0 aromatic heterocycles. The van der Waals surface area contributed by atoms with Gasteiger partial charge >= 0.3 is 24.3 Å². The Morgan fingerprint density at radius 3 is 1.67 bits per heavy atom. The van der Waals surface area contributed by atoms with Crippen molar-refractivity contribution in [3.63, 3.8) is 0 Å². The fraction of sp³-hybridized carbons (Fsp3) is 0.515. The number of esters is 2. The van der Waals surface area contributed by atoms with Gasteiger partial charge < -0.3 is 23.7 Å². The molecule has 7 nitrogen and oxygen atoms in total. The SMILES string of the molecule is CO[C@@](C(=O)O[C@H]1CC(C)(C)[C@]2(/C=C/[C@H](C)OC(=O)[C@](OC)(c3ccccc3)C(F)(F)F)O[C@]2(C)C1)(c1ccccc1)C(F)(F)F. The van der Waals surface area contributed by atoms with Gasteiger partial charge in [0.05, 0.1) is 0 Å². The number of carbonyl (C=O) groups excluding carboxylic acids is 2. The lowest BCUT2D eigenvalue weighted by atomic mass is 9.63. The minimum absolute atomic E-state index is 0.0159. The number of carbonyl (C=O) groups is 2. The Labute approximate surface area is 262 Å². The molecule has 6 atom stereocenters. The van der Waals surface area contributed by atoms with Crippen LogP contribution >= 0.6 is 0 Å². The zero-order chi connectivity index (χ0) is 34.4. The van der Waals surface area contributed by atoms with Crippen molar-refractivity contribution in [2.45, 2.75) is 87.5 Å². The minimum atomic E-state index is -5.15. The van der Waals surface area contributed by atoms with E-state index < -0.39 is 75.4 Å². The fourth-order valence-electron chi connectivity index (χ4n) is 6.69. The number of rotatable bonds is 10. The molecule has 252 valence electrons. The Kier molecular flexibility index (Phi) is 9.23. The van der Waals surface area contributed by atoms with E-state index in [1.165, 1.54) is 49.4 Å². The van der Waals surface area contributed by atoms with E-state index in [1.54, 1.807) is 26.8 Å². The monoisotopic (exact) mass is 658 g/mol.